The van der Waals surface area contributed by atoms with Crippen LogP contribution in [0.2, 0.25) is 0 Å². The first-order chi connectivity index (χ1) is 7.57. The average Bonchev–Trinajstić information content (AvgIpc) is 2.66. The van der Waals surface area contributed by atoms with Crippen LogP contribution in [0.5, 0.6) is 11.5 Å². The Bertz CT molecular complexity index is 395. The van der Waals surface area contributed by atoms with E-state index in [4.69, 9.17) is 5.73 Å². The second kappa shape index (κ2) is 3.98. The van der Waals surface area contributed by atoms with Gasteiger partial charge in [0.15, 0.2) is 0 Å². The molecule has 0 amide bonds. The second-order valence-electron chi connectivity index (χ2n) is 4.71. The first kappa shape index (κ1) is 11.3. The van der Waals surface area contributed by atoms with Gasteiger partial charge in [-0.2, -0.15) is 0 Å². The largest absolute Gasteiger partial charge is 0.508 e. The van der Waals surface area contributed by atoms with Crippen molar-refractivity contribution in [2.24, 2.45) is 5.73 Å². The topological polar surface area (TPSA) is 66.5 Å². The van der Waals surface area contributed by atoms with Crippen LogP contribution in [0.25, 0.3) is 0 Å². The summed E-state index contributed by atoms with van der Waals surface area (Å²) in [6.45, 7) is 1.98. The molecule has 0 radical (unpaired) electrons. The van der Waals surface area contributed by atoms with Gasteiger partial charge >= 0.3 is 0 Å². The van der Waals surface area contributed by atoms with Crippen molar-refractivity contribution in [2.45, 2.75) is 44.6 Å². The molecule has 0 saturated heterocycles. The molecule has 0 aromatic heterocycles. The molecule has 1 aromatic rings. The van der Waals surface area contributed by atoms with Crippen LogP contribution < -0.4 is 5.73 Å². The Morgan fingerprint density at radius 2 is 1.81 bits per heavy atom. The zero-order valence-electron chi connectivity index (χ0n) is 9.66. The van der Waals surface area contributed by atoms with Crippen LogP contribution in [0.1, 0.15) is 43.7 Å². The van der Waals surface area contributed by atoms with E-state index in [9.17, 15) is 10.2 Å². The first-order valence-corrected chi connectivity index (χ1v) is 5.91. The molecule has 3 heteroatoms. The van der Waals surface area contributed by atoms with Gasteiger partial charge in [-0.15, -0.1) is 0 Å². The Labute approximate surface area is 95.9 Å². The van der Waals surface area contributed by atoms with Crippen molar-refractivity contribution < 1.29 is 10.2 Å². The van der Waals surface area contributed by atoms with Gasteiger partial charge in [0, 0.05) is 17.2 Å². The summed E-state index contributed by atoms with van der Waals surface area (Å²) >= 11 is 0. The third-order valence-corrected chi connectivity index (χ3v) is 3.61. The fourth-order valence-electron chi connectivity index (χ4n) is 2.58. The Balaban J connectivity index is 2.47. The van der Waals surface area contributed by atoms with E-state index in [0.29, 0.717) is 0 Å². The fourth-order valence-corrected chi connectivity index (χ4v) is 2.58. The minimum absolute atomic E-state index is 0.124. The highest BCUT2D eigenvalue weighted by Crippen LogP contribution is 2.42. The zero-order chi connectivity index (χ0) is 11.8. The standard InChI is InChI=1S/C13H19NO2/c1-2-9-7-10(12(16)8-11(9)15)13(14)5-3-4-6-13/h7-8,15-16H,2-6,14H2,1H3. The fraction of sp³-hybridized carbons (Fsp3) is 0.538. The van der Waals surface area contributed by atoms with E-state index < -0.39 is 5.54 Å². The van der Waals surface area contributed by atoms with Gasteiger partial charge in [0.1, 0.15) is 11.5 Å². The van der Waals surface area contributed by atoms with Gasteiger partial charge in [-0.1, -0.05) is 19.8 Å². The van der Waals surface area contributed by atoms with Crippen LogP contribution in [0.3, 0.4) is 0 Å². The molecule has 88 valence electrons. The van der Waals surface area contributed by atoms with Crippen LogP contribution >= 0.6 is 0 Å². The lowest BCUT2D eigenvalue weighted by Crippen LogP contribution is -2.33. The van der Waals surface area contributed by atoms with Gasteiger partial charge in [0.25, 0.3) is 0 Å². The first-order valence-electron chi connectivity index (χ1n) is 5.91. The molecule has 1 aromatic carbocycles. The van der Waals surface area contributed by atoms with Crippen molar-refractivity contribution in [3.8, 4) is 11.5 Å². The molecule has 0 bridgehead atoms. The van der Waals surface area contributed by atoms with E-state index in [1.54, 1.807) is 0 Å². The van der Waals surface area contributed by atoms with E-state index in [0.717, 1.165) is 43.2 Å². The van der Waals surface area contributed by atoms with Gasteiger partial charge in [0.05, 0.1) is 0 Å². The van der Waals surface area contributed by atoms with Crippen LogP contribution in [-0.2, 0) is 12.0 Å². The number of hydrogen-bond acceptors (Lipinski definition) is 3. The van der Waals surface area contributed by atoms with Crippen LogP contribution in [0.15, 0.2) is 12.1 Å². The summed E-state index contributed by atoms with van der Waals surface area (Å²) in [7, 11) is 0. The Morgan fingerprint density at radius 1 is 1.19 bits per heavy atom. The van der Waals surface area contributed by atoms with Gasteiger partial charge in [0.2, 0.25) is 0 Å². The molecule has 4 N–H and O–H groups in total. The molecule has 0 heterocycles. The molecular formula is C13H19NO2. The maximum atomic E-state index is 9.90. The van der Waals surface area contributed by atoms with E-state index in [2.05, 4.69) is 0 Å². The molecular weight excluding hydrogens is 202 g/mol. The molecule has 0 atom stereocenters. The highest BCUT2D eigenvalue weighted by molar-refractivity contribution is 5.48. The lowest BCUT2D eigenvalue weighted by molar-refractivity contribution is 0.401. The molecule has 1 aliphatic carbocycles. The summed E-state index contributed by atoms with van der Waals surface area (Å²) in [4.78, 5) is 0. The quantitative estimate of drug-likeness (QED) is 0.718. The number of phenolic OH excluding ortho intramolecular Hbond substituents is 2. The highest BCUT2D eigenvalue weighted by Gasteiger charge is 2.33. The molecule has 2 rings (SSSR count). The number of hydrogen-bond donors (Lipinski definition) is 3. The Kier molecular flexibility index (Phi) is 2.80. The predicted octanol–water partition coefficient (Wildman–Crippen LogP) is 2.39. The molecule has 0 unspecified atom stereocenters. The van der Waals surface area contributed by atoms with E-state index in [1.165, 1.54) is 6.07 Å². The van der Waals surface area contributed by atoms with Crippen LogP contribution in [-0.4, -0.2) is 10.2 Å². The third kappa shape index (κ3) is 1.76. The molecule has 1 saturated carbocycles. The molecule has 1 fully saturated rings. The van der Waals surface area contributed by atoms with Crippen molar-refractivity contribution in [2.75, 3.05) is 0 Å². The summed E-state index contributed by atoms with van der Waals surface area (Å²) in [5.41, 5.74) is 7.55. The minimum atomic E-state index is -0.401. The number of nitrogens with two attached hydrogens (primary N) is 1. The smallest absolute Gasteiger partial charge is 0.124 e. The summed E-state index contributed by atoms with van der Waals surface area (Å²) < 4.78 is 0. The van der Waals surface area contributed by atoms with Gasteiger partial charge in [-0.3, -0.25) is 0 Å². The number of phenols is 2. The normalized spacial score (nSPS) is 18.9. The average molecular weight is 221 g/mol. The summed E-state index contributed by atoms with van der Waals surface area (Å²) in [6, 6.07) is 3.27. The van der Waals surface area contributed by atoms with Crippen LogP contribution in [0, 0.1) is 0 Å². The van der Waals surface area contributed by atoms with Crippen LogP contribution in [0.4, 0.5) is 0 Å². The SMILES string of the molecule is CCc1cc(C2(N)CCCC2)c(O)cc1O. The molecule has 0 aliphatic heterocycles. The van der Waals surface area contributed by atoms with Crippen molar-refractivity contribution in [3.05, 3.63) is 23.3 Å². The summed E-state index contributed by atoms with van der Waals surface area (Å²) in [5, 5.41) is 19.5. The van der Waals surface area contributed by atoms with Crippen molar-refractivity contribution in [1.82, 2.24) is 0 Å². The van der Waals surface area contributed by atoms with Gasteiger partial charge in [-0.25, -0.2) is 0 Å². The maximum absolute atomic E-state index is 9.90. The van der Waals surface area contributed by atoms with Crippen molar-refractivity contribution in [3.63, 3.8) is 0 Å². The Hall–Kier alpha value is -1.22. The summed E-state index contributed by atoms with van der Waals surface area (Å²) in [6.07, 6.45) is 4.79. The molecule has 16 heavy (non-hydrogen) atoms. The van der Waals surface area contributed by atoms with Gasteiger partial charge < -0.3 is 15.9 Å². The predicted molar refractivity (Wildman–Crippen MR) is 63.5 cm³/mol. The second-order valence-corrected chi connectivity index (χ2v) is 4.71. The molecule has 0 spiro atoms. The third-order valence-electron chi connectivity index (χ3n) is 3.61. The number of aryl methyl sites for hydroxylation is 1. The lowest BCUT2D eigenvalue weighted by Gasteiger charge is -2.26. The van der Waals surface area contributed by atoms with Gasteiger partial charge in [-0.05, 0) is 30.9 Å². The lowest BCUT2D eigenvalue weighted by atomic mass is 9.87. The minimum Gasteiger partial charge on any atom is -0.508 e. The Morgan fingerprint density at radius 3 is 2.38 bits per heavy atom. The zero-order valence-corrected chi connectivity index (χ0v) is 9.66. The maximum Gasteiger partial charge on any atom is 0.124 e. The van der Waals surface area contributed by atoms with E-state index >= 15 is 0 Å². The summed E-state index contributed by atoms with van der Waals surface area (Å²) in [5.74, 6) is 0.282. The molecule has 3 nitrogen and oxygen atoms in total. The van der Waals surface area contributed by atoms with E-state index in [1.807, 2.05) is 13.0 Å². The van der Waals surface area contributed by atoms with Crippen molar-refractivity contribution in [1.29, 1.82) is 0 Å². The monoisotopic (exact) mass is 221 g/mol. The number of aromatic hydroxyl groups is 2. The van der Waals surface area contributed by atoms with E-state index in [-0.39, 0.29) is 11.5 Å². The number of benzene rings is 1. The highest BCUT2D eigenvalue weighted by atomic mass is 16.3. The molecule has 1 aliphatic rings. The number of rotatable bonds is 2. The van der Waals surface area contributed by atoms with Crippen molar-refractivity contribution >= 4 is 0 Å².